The first-order valence-corrected chi connectivity index (χ1v) is 9.19. The normalized spacial score (nSPS) is 19.6. The fourth-order valence-electron chi connectivity index (χ4n) is 2.88. The zero-order valence-electron chi connectivity index (χ0n) is 16.2. The Morgan fingerprint density at radius 1 is 1.21 bits per heavy atom. The number of rotatable bonds is 6. The Kier molecular flexibility index (Phi) is 6.45. The number of hydrogen-bond acceptors (Lipinski definition) is 8. The minimum Gasteiger partial charge on any atom is -0.454 e. The molecule has 1 saturated heterocycles. The van der Waals surface area contributed by atoms with Gasteiger partial charge in [0.15, 0.2) is 11.5 Å². The molecule has 1 aromatic rings. The summed E-state index contributed by atoms with van der Waals surface area (Å²) in [5.74, 6) is 1.41. The number of amides is 1. The average molecular weight is 395 g/mol. The molecule has 0 N–H and O–H groups in total. The van der Waals surface area contributed by atoms with Crippen LogP contribution in [0, 0.1) is 0 Å². The smallest absolute Gasteiger partial charge is 0.454 e. The Balaban J connectivity index is 1.44. The lowest BCUT2D eigenvalue weighted by atomic mass is 10.1. The Morgan fingerprint density at radius 3 is 2.75 bits per heavy atom. The van der Waals surface area contributed by atoms with Gasteiger partial charge in [-0.3, -0.25) is 0 Å². The van der Waals surface area contributed by atoms with Crippen LogP contribution < -0.4 is 9.47 Å². The maximum absolute atomic E-state index is 12.3. The van der Waals surface area contributed by atoms with Gasteiger partial charge in [-0.05, 0) is 31.0 Å². The van der Waals surface area contributed by atoms with Crippen LogP contribution in [0.2, 0.25) is 0 Å². The second-order valence-corrected chi connectivity index (χ2v) is 6.77. The van der Waals surface area contributed by atoms with E-state index in [-0.39, 0.29) is 18.9 Å². The SMILES string of the molecule is CC(OC(=O)OC1CCOC1)OC(=O)N(C)C(C)Cc1ccc2c(c1)OCO2. The van der Waals surface area contributed by atoms with Gasteiger partial charge in [-0.2, -0.15) is 0 Å². The number of fused-ring (bicyclic) bond motifs is 1. The fourth-order valence-corrected chi connectivity index (χ4v) is 2.88. The van der Waals surface area contributed by atoms with Crippen LogP contribution in [0.3, 0.4) is 0 Å². The largest absolute Gasteiger partial charge is 0.511 e. The number of ether oxygens (including phenoxy) is 6. The fraction of sp³-hybridized carbons (Fsp3) is 0.579. The summed E-state index contributed by atoms with van der Waals surface area (Å²) in [5.41, 5.74) is 1.00. The van der Waals surface area contributed by atoms with E-state index >= 15 is 0 Å². The summed E-state index contributed by atoms with van der Waals surface area (Å²) < 4.78 is 31.0. The zero-order chi connectivity index (χ0) is 20.1. The highest BCUT2D eigenvalue weighted by Crippen LogP contribution is 2.33. The summed E-state index contributed by atoms with van der Waals surface area (Å²) in [6.45, 7) is 4.47. The van der Waals surface area contributed by atoms with E-state index in [0.29, 0.717) is 37.6 Å². The van der Waals surface area contributed by atoms with Gasteiger partial charge >= 0.3 is 12.2 Å². The van der Waals surface area contributed by atoms with Crippen molar-refractivity contribution in [3.8, 4) is 11.5 Å². The number of benzene rings is 1. The van der Waals surface area contributed by atoms with Crippen LogP contribution in [0.25, 0.3) is 0 Å². The molecule has 2 heterocycles. The summed E-state index contributed by atoms with van der Waals surface area (Å²) >= 11 is 0. The number of nitrogens with zero attached hydrogens (tertiary/aromatic N) is 1. The molecule has 0 radical (unpaired) electrons. The monoisotopic (exact) mass is 395 g/mol. The molecule has 1 amide bonds. The molecule has 1 fully saturated rings. The summed E-state index contributed by atoms with van der Waals surface area (Å²) in [5, 5.41) is 0. The molecule has 9 nitrogen and oxygen atoms in total. The molecule has 0 spiro atoms. The van der Waals surface area contributed by atoms with Gasteiger partial charge in [-0.1, -0.05) is 6.07 Å². The summed E-state index contributed by atoms with van der Waals surface area (Å²) in [4.78, 5) is 25.5. The molecule has 1 aromatic carbocycles. The van der Waals surface area contributed by atoms with Gasteiger partial charge in [0.05, 0.1) is 13.2 Å². The van der Waals surface area contributed by atoms with Crippen LogP contribution in [0.4, 0.5) is 9.59 Å². The molecule has 3 atom stereocenters. The van der Waals surface area contributed by atoms with E-state index in [1.165, 1.54) is 11.8 Å². The molecule has 0 aromatic heterocycles. The molecule has 0 aliphatic carbocycles. The third-order valence-electron chi connectivity index (χ3n) is 4.60. The van der Waals surface area contributed by atoms with Crippen LogP contribution in [0.1, 0.15) is 25.8 Å². The summed E-state index contributed by atoms with van der Waals surface area (Å²) in [6, 6.07) is 5.52. The highest BCUT2D eigenvalue weighted by Gasteiger charge is 2.25. The third-order valence-corrected chi connectivity index (χ3v) is 4.60. The van der Waals surface area contributed by atoms with Gasteiger partial charge in [-0.25, -0.2) is 9.59 Å². The van der Waals surface area contributed by atoms with Crippen molar-refractivity contribution in [2.45, 2.75) is 45.1 Å². The van der Waals surface area contributed by atoms with Crippen molar-refractivity contribution in [1.29, 1.82) is 0 Å². The van der Waals surface area contributed by atoms with Gasteiger partial charge in [-0.15, -0.1) is 0 Å². The van der Waals surface area contributed by atoms with Crippen LogP contribution in [0.5, 0.6) is 11.5 Å². The van der Waals surface area contributed by atoms with Crippen molar-refractivity contribution in [3.05, 3.63) is 23.8 Å². The first-order valence-electron chi connectivity index (χ1n) is 9.19. The zero-order valence-corrected chi connectivity index (χ0v) is 16.2. The number of carbonyl (C=O) groups excluding carboxylic acids is 2. The lowest BCUT2D eigenvalue weighted by Gasteiger charge is -2.26. The number of hydrogen-bond donors (Lipinski definition) is 0. The van der Waals surface area contributed by atoms with Gasteiger partial charge in [0.25, 0.3) is 0 Å². The van der Waals surface area contributed by atoms with E-state index in [9.17, 15) is 9.59 Å². The van der Waals surface area contributed by atoms with Gasteiger partial charge in [0, 0.05) is 26.4 Å². The quantitative estimate of drug-likeness (QED) is 0.536. The van der Waals surface area contributed by atoms with Crippen molar-refractivity contribution in [3.63, 3.8) is 0 Å². The molecule has 154 valence electrons. The van der Waals surface area contributed by atoms with Gasteiger partial charge in [0.1, 0.15) is 6.10 Å². The second-order valence-electron chi connectivity index (χ2n) is 6.77. The topological polar surface area (TPSA) is 92.8 Å². The highest BCUT2D eigenvalue weighted by molar-refractivity contribution is 5.68. The molecule has 28 heavy (non-hydrogen) atoms. The molecule has 0 bridgehead atoms. The third kappa shape index (κ3) is 5.19. The maximum Gasteiger partial charge on any atom is 0.511 e. The van der Waals surface area contributed by atoms with Crippen molar-refractivity contribution >= 4 is 12.2 Å². The Labute approximate surface area is 163 Å². The Morgan fingerprint density at radius 2 is 2.00 bits per heavy atom. The first-order chi connectivity index (χ1) is 13.4. The van der Waals surface area contributed by atoms with Crippen LogP contribution in [0.15, 0.2) is 18.2 Å². The molecular formula is C19H25NO8. The summed E-state index contributed by atoms with van der Waals surface area (Å²) in [7, 11) is 1.63. The van der Waals surface area contributed by atoms with E-state index in [0.717, 1.165) is 5.56 Å². The lowest BCUT2D eigenvalue weighted by Crippen LogP contribution is -2.39. The van der Waals surface area contributed by atoms with Crippen LogP contribution in [-0.2, 0) is 25.4 Å². The van der Waals surface area contributed by atoms with Crippen LogP contribution in [-0.4, -0.2) is 62.6 Å². The summed E-state index contributed by atoms with van der Waals surface area (Å²) in [6.07, 6.45) is -1.64. The van der Waals surface area contributed by atoms with Gasteiger partial charge in [0.2, 0.25) is 13.1 Å². The molecular weight excluding hydrogens is 370 g/mol. The van der Waals surface area contributed by atoms with Crippen molar-refractivity contribution in [2.75, 3.05) is 27.1 Å². The van der Waals surface area contributed by atoms with Crippen molar-refractivity contribution in [1.82, 2.24) is 4.90 Å². The first kappa shape index (κ1) is 20.1. The predicted molar refractivity (Wildman–Crippen MR) is 96.2 cm³/mol. The van der Waals surface area contributed by atoms with Crippen molar-refractivity contribution < 1.29 is 38.0 Å². The lowest BCUT2D eigenvalue weighted by molar-refractivity contribution is -0.0904. The minimum atomic E-state index is -1.07. The molecule has 9 heteroatoms. The van der Waals surface area contributed by atoms with E-state index in [4.69, 9.17) is 28.4 Å². The van der Waals surface area contributed by atoms with E-state index in [1.807, 2.05) is 25.1 Å². The predicted octanol–water partition coefficient (Wildman–Crippen LogP) is 2.70. The van der Waals surface area contributed by atoms with E-state index in [2.05, 4.69) is 0 Å². The number of likely N-dealkylation sites (N-methyl/N-ethyl adjacent to an activating group) is 1. The molecule has 0 saturated carbocycles. The standard InChI is InChI=1S/C19H25NO8/c1-12(8-14-4-5-16-17(9-14)25-11-24-16)20(3)18(21)26-13(2)27-19(22)28-15-6-7-23-10-15/h4-5,9,12-13,15H,6-8,10-11H2,1-3H3. The molecule has 2 aliphatic rings. The number of carbonyl (C=O) groups is 2. The average Bonchev–Trinajstić information content (AvgIpc) is 3.31. The minimum absolute atomic E-state index is 0.150. The van der Waals surface area contributed by atoms with E-state index in [1.54, 1.807) is 7.05 Å². The molecule has 2 aliphatic heterocycles. The Hall–Kier alpha value is -2.68. The molecule has 3 rings (SSSR count). The highest BCUT2D eigenvalue weighted by atomic mass is 16.8. The maximum atomic E-state index is 12.3. The molecule has 3 unspecified atom stereocenters. The Bertz CT molecular complexity index is 703. The van der Waals surface area contributed by atoms with Crippen LogP contribution >= 0.6 is 0 Å². The van der Waals surface area contributed by atoms with Gasteiger partial charge < -0.3 is 33.3 Å². The van der Waals surface area contributed by atoms with Crippen molar-refractivity contribution in [2.24, 2.45) is 0 Å². The second kappa shape index (κ2) is 9.01. The van der Waals surface area contributed by atoms with E-state index < -0.39 is 18.5 Å².